The van der Waals surface area contributed by atoms with Gasteiger partial charge >= 0.3 is 0 Å². The Kier molecular flexibility index (Phi) is 4.29. The molecular weight excluding hydrogens is 319 g/mol. The van der Waals surface area contributed by atoms with E-state index in [1.165, 1.54) is 16.4 Å². The topological polar surface area (TPSA) is 56.2 Å². The Hall–Kier alpha value is -1.67. The molecule has 1 saturated heterocycles. The fourth-order valence-corrected chi connectivity index (χ4v) is 4.57. The van der Waals surface area contributed by atoms with Crippen LogP contribution >= 0.6 is 0 Å². The zero-order valence-electron chi connectivity index (χ0n) is 13.4. The highest BCUT2D eigenvalue weighted by Gasteiger charge is 2.35. The van der Waals surface area contributed by atoms with Crippen LogP contribution in [0.15, 0.2) is 28.1 Å². The van der Waals surface area contributed by atoms with Crippen LogP contribution in [0, 0.1) is 12.7 Å². The van der Waals surface area contributed by atoms with E-state index in [4.69, 9.17) is 0 Å². The first-order valence-corrected chi connectivity index (χ1v) is 9.10. The molecule has 2 aliphatic heterocycles. The summed E-state index contributed by atoms with van der Waals surface area (Å²) in [5, 5.41) is 0. The van der Waals surface area contributed by atoms with Crippen LogP contribution in [0.2, 0.25) is 0 Å². The number of guanidine groups is 1. The lowest BCUT2D eigenvalue weighted by Gasteiger charge is -2.36. The molecule has 0 atom stereocenters. The summed E-state index contributed by atoms with van der Waals surface area (Å²) in [6.45, 7) is 5.63. The van der Waals surface area contributed by atoms with Crippen molar-refractivity contribution >= 4 is 16.0 Å². The lowest BCUT2D eigenvalue weighted by molar-refractivity contribution is 0.208. The van der Waals surface area contributed by atoms with E-state index >= 15 is 0 Å². The lowest BCUT2D eigenvalue weighted by Crippen LogP contribution is -2.52. The molecule has 6 nitrogen and oxygen atoms in total. The largest absolute Gasteiger partial charge is 0.339 e. The molecule has 0 radical (unpaired) electrons. The van der Waals surface area contributed by atoms with Gasteiger partial charge in [-0.2, -0.15) is 0 Å². The van der Waals surface area contributed by atoms with Gasteiger partial charge in [0.1, 0.15) is 5.82 Å². The summed E-state index contributed by atoms with van der Waals surface area (Å²) in [7, 11) is -1.76. The second-order valence-electron chi connectivity index (χ2n) is 5.96. The van der Waals surface area contributed by atoms with Gasteiger partial charge in [0.05, 0.1) is 18.0 Å². The van der Waals surface area contributed by atoms with Gasteiger partial charge in [-0.25, -0.2) is 17.1 Å². The molecule has 1 aromatic rings. The molecule has 0 spiro atoms. The van der Waals surface area contributed by atoms with E-state index in [0.29, 0.717) is 24.6 Å². The van der Waals surface area contributed by atoms with Gasteiger partial charge in [-0.15, -0.1) is 0 Å². The number of benzene rings is 1. The molecule has 2 aliphatic rings. The number of nitrogens with zero attached hydrogens (tertiary/aromatic N) is 4. The van der Waals surface area contributed by atoms with Crippen molar-refractivity contribution in [1.82, 2.24) is 14.1 Å². The second kappa shape index (κ2) is 6.09. The summed E-state index contributed by atoms with van der Waals surface area (Å²) in [5.41, 5.74) is 0.538. The van der Waals surface area contributed by atoms with Crippen molar-refractivity contribution in [3.63, 3.8) is 0 Å². The molecule has 3 rings (SSSR count). The summed E-state index contributed by atoms with van der Waals surface area (Å²) in [6, 6.07) is 3.85. The van der Waals surface area contributed by atoms with Gasteiger partial charge in [0, 0.05) is 26.2 Å². The van der Waals surface area contributed by atoms with Crippen molar-refractivity contribution < 1.29 is 12.8 Å². The average Bonchev–Trinajstić information content (AvgIpc) is 3.00. The van der Waals surface area contributed by atoms with Gasteiger partial charge in [0.2, 0.25) is 5.96 Å². The van der Waals surface area contributed by atoms with Crippen LogP contribution < -0.4 is 0 Å². The fraction of sp³-hybridized carbons (Fsp3) is 0.533. The highest BCUT2D eigenvalue weighted by atomic mass is 32.2. The average molecular weight is 340 g/mol. The Morgan fingerprint density at radius 2 is 1.83 bits per heavy atom. The first-order valence-electron chi connectivity index (χ1n) is 7.66. The predicted molar refractivity (Wildman–Crippen MR) is 86.4 cm³/mol. The van der Waals surface area contributed by atoms with E-state index < -0.39 is 15.8 Å². The van der Waals surface area contributed by atoms with Crippen molar-refractivity contribution in [3.05, 3.63) is 29.6 Å². The molecule has 0 saturated carbocycles. The molecule has 0 unspecified atom stereocenters. The number of halogens is 1. The number of rotatable bonds is 2. The zero-order valence-corrected chi connectivity index (χ0v) is 14.2. The maximum atomic E-state index is 13.5. The van der Waals surface area contributed by atoms with Crippen LogP contribution in [0.5, 0.6) is 0 Å². The van der Waals surface area contributed by atoms with Gasteiger partial charge in [-0.05, 0) is 31.7 Å². The van der Waals surface area contributed by atoms with Crippen molar-refractivity contribution in [3.8, 4) is 0 Å². The van der Waals surface area contributed by atoms with Gasteiger partial charge in [0.15, 0.2) is 0 Å². The molecule has 0 aromatic heterocycles. The normalized spacial score (nSPS) is 20.0. The molecule has 8 heteroatoms. The highest BCUT2D eigenvalue weighted by Crippen LogP contribution is 2.24. The molecule has 2 heterocycles. The molecule has 126 valence electrons. The van der Waals surface area contributed by atoms with Crippen LogP contribution in [0.3, 0.4) is 0 Å². The molecule has 1 fully saturated rings. The molecule has 1 aromatic carbocycles. The molecule has 0 bridgehead atoms. The number of likely N-dealkylation sites (N-methyl/N-ethyl adjacent to an activating group) is 1. The van der Waals surface area contributed by atoms with E-state index in [9.17, 15) is 12.8 Å². The third kappa shape index (κ3) is 3.05. The van der Waals surface area contributed by atoms with Crippen molar-refractivity contribution in [1.29, 1.82) is 0 Å². The fourth-order valence-electron chi connectivity index (χ4n) is 2.88. The Balaban J connectivity index is 1.90. The van der Waals surface area contributed by atoms with Crippen LogP contribution in [-0.2, 0) is 10.0 Å². The number of aliphatic imine (C=N–C) groups is 1. The number of sulfonamides is 1. The number of piperazine rings is 1. The van der Waals surface area contributed by atoms with Crippen molar-refractivity contribution in [2.45, 2.75) is 11.8 Å². The summed E-state index contributed by atoms with van der Waals surface area (Å²) in [4.78, 5) is 8.60. The van der Waals surface area contributed by atoms with Crippen LogP contribution in [-0.4, -0.2) is 74.8 Å². The van der Waals surface area contributed by atoms with E-state index in [1.807, 2.05) is 11.9 Å². The zero-order chi connectivity index (χ0) is 16.6. The predicted octanol–water partition coefficient (Wildman–Crippen LogP) is 0.742. The summed E-state index contributed by atoms with van der Waals surface area (Å²) in [6.07, 6.45) is 0. The number of hydrogen-bond acceptors (Lipinski definition) is 5. The Morgan fingerprint density at radius 3 is 2.52 bits per heavy atom. The first kappa shape index (κ1) is 16.2. The van der Waals surface area contributed by atoms with Crippen LogP contribution in [0.25, 0.3) is 0 Å². The van der Waals surface area contributed by atoms with Gasteiger partial charge in [-0.1, -0.05) is 6.07 Å². The van der Waals surface area contributed by atoms with E-state index in [-0.39, 0.29) is 4.90 Å². The minimum absolute atomic E-state index is 0.0150. The quantitative estimate of drug-likeness (QED) is 0.797. The van der Waals surface area contributed by atoms with Crippen LogP contribution in [0.1, 0.15) is 5.56 Å². The minimum Gasteiger partial charge on any atom is -0.339 e. The Labute approximate surface area is 136 Å². The first-order chi connectivity index (χ1) is 10.9. The molecule has 0 N–H and O–H groups in total. The van der Waals surface area contributed by atoms with Gasteiger partial charge < -0.3 is 9.80 Å². The summed E-state index contributed by atoms with van der Waals surface area (Å²) in [5.74, 6) is -0.0618. The standard InChI is InChI=1S/C15H21FN4O2S/c1-12-3-4-13(16)11-14(12)23(21,22)20-6-5-17-15(20)19-9-7-18(2)8-10-19/h3-4,11H,5-10H2,1-2H3. The van der Waals surface area contributed by atoms with E-state index in [1.54, 1.807) is 6.92 Å². The van der Waals surface area contributed by atoms with E-state index in [0.717, 1.165) is 32.2 Å². The third-order valence-electron chi connectivity index (χ3n) is 4.28. The van der Waals surface area contributed by atoms with Gasteiger partial charge in [-0.3, -0.25) is 4.99 Å². The van der Waals surface area contributed by atoms with Crippen molar-refractivity contribution in [2.24, 2.45) is 4.99 Å². The Morgan fingerprint density at radius 1 is 1.13 bits per heavy atom. The SMILES string of the molecule is Cc1ccc(F)cc1S(=O)(=O)N1CCN=C1N1CCN(C)CC1. The number of hydrogen-bond donors (Lipinski definition) is 0. The Bertz CT molecular complexity index is 727. The highest BCUT2D eigenvalue weighted by molar-refractivity contribution is 7.89. The lowest BCUT2D eigenvalue weighted by atomic mass is 10.2. The maximum Gasteiger partial charge on any atom is 0.267 e. The molecule has 23 heavy (non-hydrogen) atoms. The maximum absolute atomic E-state index is 13.5. The van der Waals surface area contributed by atoms with Crippen molar-refractivity contribution in [2.75, 3.05) is 46.3 Å². The van der Waals surface area contributed by atoms with Gasteiger partial charge in [0.25, 0.3) is 10.0 Å². The molecule has 0 amide bonds. The molecule has 0 aliphatic carbocycles. The monoisotopic (exact) mass is 340 g/mol. The summed E-state index contributed by atoms with van der Waals surface area (Å²) < 4.78 is 40.8. The van der Waals surface area contributed by atoms with Crippen LogP contribution in [0.4, 0.5) is 4.39 Å². The minimum atomic E-state index is -3.80. The summed E-state index contributed by atoms with van der Waals surface area (Å²) >= 11 is 0. The molecular formula is C15H21FN4O2S. The third-order valence-corrected chi connectivity index (χ3v) is 6.21. The smallest absolute Gasteiger partial charge is 0.267 e. The second-order valence-corrected chi connectivity index (χ2v) is 7.79. The number of aryl methyl sites for hydroxylation is 1. The van der Waals surface area contributed by atoms with E-state index in [2.05, 4.69) is 9.89 Å².